The van der Waals surface area contributed by atoms with Gasteiger partial charge in [0.05, 0.1) is 0 Å². The normalized spacial score (nSPS) is 34.3. The molecule has 17 heavy (non-hydrogen) atoms. The van der Waals surface area contributed by atoms with Crippen LogP contribution in [0, 0.1) is 5.92 Å². The van der Waals surface area contributed by atoms with Gasteiger partial charge in [0.25, 0.3) is 0 Å². The van der Waals surface area contributed by atoms with E-state index in [4.69, 9.17) is 16.3 Å². The first kappa shape index (κ1) is 13.2. The second-order valence-corrected chi connectivity index (χ2v) is 5.48. The quantitative estimate of drug-likeness (QED) is 0.791. The summed E-state index contributed by atoms with van der Waals surface area (Å²) in [4.78, 5) is 12.0. The van der Waals surface area contributed by atoms with E-state index in [-0.39, 0.29) is 18.1 Å². The van der Waals surface area contributed by atoms with Crippen LogP contribution in [-0.2, 0) is 9.53 Å². The monoisotopic (exact) mass is 259 g/mol. The molecule has 0 bridgehead atoms. The van der Waals surface area contributed by atoms with E-state index < -0.39 is 0 Å². The van der Waals surface area contributed by atoms with E-state index in [2.05, 4.69) is 5.32 Å². The summed E-state index contributed by atoms with van der Waals surface area (Å²) in [6.07, 6.45) is 7.47. The predicted octanol–water partition coefficient (Wildman–Crippen LogP) is 2.47. The summed E-state index contributed by atoms with van der Waals surface area (Å²) in [6.45, 7) is 0.724. The van der Waals surface area contributed by atoms with Crippen LogP contribution in [-0.4, -0.2) is 30.5 Å². The largest absolute Gasteiger partial charge is 0.368 e. The van der Waals surface area contributed by atoms with Crippen LogP contribution in [0.1, 0.15) is 44.9 Å². The molecule has 3 atom stereocenters. The third-order valence-electron chi connectivity index (χ3n) is 3.91. The van der Waals surface area contributed by atoms with E-state index in [1.54, 1.807) is 0 Å². The van der Waals surface area contributed by atoms with Gasteiger partial charge in [-0.25, -0.2) is 0 Å². The third kappa shape index (κ3) is 3.59. The average molecular weight is 260 g/mol. The second kappa shape index (κ2) is 6.60. The van der Waals surface area contributed by atoms with Gasteiger partial charge in [-0.15, -0.1) is 11.6 Å². The Kier molecular flexibility index (Phi) is 5.11. The minimum atomic E-state index is -0.221. The van der Waals surface area contributed by atoms with Crippen LogP contribution >= 0.6 is 11.6 Å². The molecule has 2 rings (SSSR count). The van der Waals surface area contributed by atoms with E-state index in [0.29, 0.717) is 11.8 Å². The zero-order valence-electron chi connectivity index (χ0n) is 10.3. The number of hydrogen-bond donors (Lipinski definition) is 1. The maximum absolute atomic E-state index is 12.0. The van der Waals surface area contributed by atoms with Crippen molar-refractivity contribution in [2.24, 2.45) is 5.92 Å². The fourth-order valence-corrected chi connectivity index (χ4v) is 3.17. The highest BCUT2D eigenvalue weighted by atomic mass is 35.5. The maximum Gasteiger partial charge on any atom is 0.249 e. The van der Waals surface area contributed by atoms with Crippen molar-refractivity contribution < 1.29 is 9.53 Å². The number of carbonyl (C=O) groups is 1. The van der Waals surface area contributed by atoms with Crippen LogP contribution in [0.3, 0.4) is 0 Å². The Balaban J connectivity index is 1.83. The van der Waals surface area contributed by atoms with Crippen molar-refractivity contribution in [3.8, 4) is 0 Å². The molecule has 2 aliphatic rings. The number of amides is 1. The second-order valence-electron chi connectivity index (χ2n) is 5.17. The van der Waals surface area contributed by atoms with Gasteiger partial charge in [-0.1, -0.05) is 12.8 Å². The summed E-state index contributed by atoms with van der Waals surface area (Å²) in [5.41, 5.74) is 0. The predicted molar refractivity (Wildman–Crippen MR) is 68.2 cm³/mol. The summed E-state index contributed by atoms with van der Waals surface area (Å²) in [5, 5.41) is 3.14. The molecule has 1 aliphatic carbocycles. The molecule has 1 N–H and O–H groups in total. The van der Waals surface area contributed by atoms with Gasteiger partial charge >= 0.3 is 0 Å². The van der Waals surface area contributed by atoms with Crippen molar-refractivity contribution in [3.63, 3.8) is 0 Å². The lowest BCUT2D eigenvalue weighted by atomic mass is 9.85. The van der Waals surface area contributed by atoms with Gasteiger partial charge < -0.3 is 10.1 Å². The SMILES string of the molecule is O=C(NC1CCCCC1CCl)C1CCCCO1. The first-order valence-corrected chi connectivity index (χ1v) is 7.32. The molecule has 1 heterocycles. The molecule has 1 aliphatic heterocycles. The van der Waals surface area contributed by atoms with Gasteiger partial charge in [-0.05, 0) is 38.0 Å². The molecule has 0 spiro atoms. The fourth-order valence-electron chi connectivity index (χ4n) is 2.81. The highest BCUT2D eigenvalue weighted by molar-refractivity contribution is 6.18. The molecule has 1 amide bonds. The van der Waals surface area contributed by atoms with Gasteiger partial charge in [0.15, 0.2) is 0 Å². The van der Waals surface area contributed by atoms with Crippen LogP contribution < -0.4 is 5.32 Å². The smallest absolute Gasteiger partial charge is 0.249 e. The Morgan fingerprint density at radius 2 is 1.94 bits per heavy atom. The van der Waals surface area contributed by atoms with Gasteiger partial charge in [-0.2, -0.15) is 0 Å². The summed E-state index contributed by atoms with van der Waals surface area (Å²) < 4.78 is 5.51. The highest BCUT2D eigenvalue weighted by Gasteiger charge is 2.29. The lowest BCUT2D eigenvalue weighted by molar-refractivity contribution is -0.136. The number of alkyl halides is 1. The van der Waals surface area contributed by atoms with Crippen molar-refractivity contribution in [1.82, 2.24) is 5.32 Å². The van der Waals surface area contributed by atoms with E-state index in [0.717, 1.165) is 38.7 Å². The molecule has 3 unspecified atom stereocenters. The molecular formula is C13H22ClNO2. The summed E-state index contributed by atoms with van der Waals surface area (Å²) >= 11 is 5.96. The number of carbonyl (C=O) groups excluding carboxylic acids is 1. The minimum Gasteiger partial charge on any atom is -0.368 e. The van der Waals surface area contributed by atoms with E-state index >= 15 is 0 Å². The number of halogens is 1. The fraction of sp³-hybridized carbons (Fsp3) is 0.923. The molecule has 1 saturated carbocycles. The molecule has 98 valence electrons. The van der Waals surface area contributed by atoms with Crippen molar-refractivity contribution in [2.45, 2.75) is 57.1 Å². The number of ether oxygens (including phenoxy) is 1. The first-order chi connectivity index (χ1) is 8.31. The Morgan fingerprint density at radius 3 is 2.65 bits per heavy atom. The average Bonchev–Trinajstić information content (AvgIpc) is 2.40. The van der Waals surface area contributed by atoms with Crippen LogP contribution in [0.25, 0.3) is 0 Å². The molecule has 2 fully saturated rings. The topological polar surface area (TPSA) is 38.3 Å². The van der Waals surface area contributed by atoms with Gasteiger partial charge in [0.2, 0.25) is 5.91 Å². The molecule has 0 aromatic carbocycles. The summed E-state index contributed by atoms with van der Waals surface area (Å²) in [7, 11) is 0. The Hall–Kier alpha value is -0.280. The van der Waals surface area contributed by atoms with Crippen LogP contribution in [0.5, 0.6) is 0 Å². The summed E-state index contributed by atoms with van der Waals surface area (Å²) in [5.74, 6) is 1.17. The number of nitrogens with one attached hydrogen (secondary N) is 1. The van der Waals surface area contributed by atoms with Gasteiger partial charge in [0.1, 0.15) is 6.10 Å². The zero-order chi connectivity index (χ0) is 12.1. The third-order valence-corrected chi connectivity index (χ3v) is 4.30. The molecule has 3 nitrogen and oxygen atoms in total. The van der Waals surface area contributed by atoms with Crippen molar-refractivity contribution in [1.29, 1.82) is 0 Å². The van der Waals surface area contributed by atoms with Crippen molar-refractivity contribution >= 4 is 17.5 Å². The Bertz CT molecular complexity index is 254. The number of rotatable bonds is 3. The standard InChI is InChI=1S/C13H22ClNO2/c14-9-10-5-1-2-6-11(10)15-13(16)12-7-3-4-8-17-12/h10-12H,1-9H2,(H,15,16). The molecule has 0 radical (unpaired) electrons. The Morgan fingerprint density at radius 1 is 1.18 bits per heavy atom. The van der Waals surface area contributed by atoms with E-state index in [1.807, 2.05) is 0 Å². The van der Waals surface area contributed by atoms with Crippen LogP contribution in [0.2, 0.25) is 0 Å². The zero-order valence-corrected chi connectivity index (χ0v) is 11.0. The number of hydrogen-bond acceptors (Lipinski definition) is 2. The lowest BCUT2D eigenvalue weighted by Crippen LogP contribution is -2.48. The van der Waals surface area contributed by atoms with Crippen LogP contribution in [0.15, 0.2) is 0 Å². The van der Waals surface area contributed by atoms with E-state index in [1.165, 1.54) is 12.8 Å². The lowest BCUT2D eigenvalue weighted by Gasteiger charge is -2.32. The van der Waals surface area contributed by atoms with Crippen molar-refractivity contribution in [3.05, 3.63) is 0 Å². The minimum absolute atomic E-state index is 0.0757. The van der Waals surface area contributed by atoms with Crippen LogP contribution in [0.4, 0.5) is 0 Å². The molecule has 4 heteroatoms. The molecule has 0 aromatic rings. The first-order valence-electron chi connectivity index (χ1n) is 6.79. The molecular weight excluding hydrogens is 238 g/mol. The molecule has 0 aromatic heterocycles. The maximum atomic E-state index is 12.0. The highest BCUT2D eigenvalue weighted by Crippen LogP contribution is 2.26. The Labute approximate surface area is 108 Å². The van der Waals surface area contributed by atoms with Crippen molar-refractivity contribution in [2.75, 3.05) is 12.5 Å². The molecule has 1 saturated heterocycles. The van der Waals surface area contributed by atoms with Gasteiger partial charge in [0, 0.05) is 18.5 Å². The van der Waals surface area contributed by atoms with Gasteiger partial charge in [-0.3, -0.25) is 4.79 Å². The summed E-state index contributed by atoms with van der Waals surface area (Å²) in [6, 6.07) is 0.263. The van der Waals surface area contributed by atoms with E-state index in [9.17, 15) is 4.79 Å².